The summed E-state index contributed by atoms with van der Waals surface area (Å²) in [5.74, 6) is 0.381. The maximum atomic E-state index is 14.5. The van der Waals surface area contributed by atoms with E-state index < -0.39 is 5.82 Å². The summed E-state index contributed by atoms with van der Waals surface area (Å²) >= 11 is 2.09. The second-order valence-electron chi connectivity index (χ2n) is 7.83. The third-order valence-corrected chi connectivity index (χ3v) is 5.27. The van der Waals surface area contributed by atoms with Gasteiger partial charge in [-0.1, -0.05) is 28.7 Å². The molecule has 0 saturated heterocycles. The number of hydrogen-bond donors (Lipinski definition) is 4. The first-order valence-corrected chi connectivity index (χ1v) is 12.2. The molecule has 4 N–H and O–H groups in total. The smallest absolute Gasteiger partial charge is 0.241 e. The molecule has 0 radical (unpaired) electrons. The van der Waals surface area contributed by atoms with Gasteiger partial charge in [-0.15, -0.1) is 0 Å². The van der Waals surface area contributed by atoms with E-state index in [1.165, 1.54) is 0 Å². The first kappa shape index (κ1) is 24.0. The number of alkyl halides is 1. The molecule has 0 bridgehead atoms. The van der Waals surface area contributed by atoms with Gasteiger partial charge in [-0.3, -0.25) is 9.80 Å². The van der Waals surface area contributed by atoms with E-state index in [0.717, 1.165) is 28.9 Å². The number of benzene rings is 2. The fraction of sp³-hybridized carbons (Fsp3) is 0.261. The Bertz CT molecular complexity index is 1160. The zero-order valence-corrected chi connectivity index (χ0v) is 20.9. The molecule has 0 fully saturated rings. The van der Waals surface area contributed by atoms with Crippen LogP contribution >= 0.6 is 22.6 Å². The summed E-state index contributed by atoms with van der Waals surface area (Å²) in [6, 6.07) is 13.0. The minimum atomic E-state index is -0.580. The lowest BCUT2D eigenvalue weighted by atomic mass is 10.1. The maximum Gasteiger partial charge on any atom is 0.241 e. The van der Waals surface area contributed by atoms with Gasteiger partial charge in [0.1, 0.15) is 12.3 Å². The molecule has 4 rings (SSSR count). The van der Waals surface area contributed by atoms with Gasteiger partial charge in [0, 0.05) is 17.9 Å². The second-order valence-corrected chi connectivity index (χ2v) is 8.59. The Morgan fingerprint density at radius 3 is 2.71 bits per heavy atom. The molecule has 1 aliphatic rings. The van der Waals surface area contributed by atoms with Crippen molar-refractivity contribution in [1.29, 1.82) is 0 Å². The Labute approximate surface area is 210 Å². The van der Waals surface area contributed by atoms with Gasteiger partial charge >= 0.3 is 0 Å². The molecule has 1 amide bonds. The zero-order chi connectivity index (χ0) is 24.1. The molecule has 2 aromatic carbocycles. The lowest BCUT2D eigenvalue weighted by Crippen LogP contribution is -2.41. The third kappa shape index (κ3) is 6.03. The van der Waals surface area contributed by atoms with Crippen LogP contribution in [0.4, 0.5) is 33.2 Å². The normalized spacial score (nSPS) is 12.4. The van der Waals surface area contributed by atoms with E-state index in [4.69, 9.17) is 4.74 Å². The molecule has 0 saturated carbocycles. The van der Waals surface area contributed by atoms with Gasteiger partial charge in [-0.25, -0.2) is 14.8 Å². The highest BCUT2D eigenvalue weighted by Gasteiger charge is 2.21. The quantitative estimate of drug-likeness (QED) is 0.170. The number of rotatable bonds is 9. The summed E-state index contributed by atoms with van der Waals surface area (Å²) in [6.07, 6.45) is 1.20. The summed E-state index contributed by atoms with van der Waals surface area (Å²) in [6.45, 7) is 4.72. The van der Waals surface area contributed by atoms with Gasteiger partial charge in [0.15, 0.2) is 11.6 Å². The van der Waals surface area contributed by atoms with Crippen LogP contribution in [0.5, 0.6) is 5.75 Å². The molecule has 3 aromatic rings. The van der Waals surface area contributed by atoms with Crippen molar-refractivity contribution in [3.8, 4) is 5.75 Å². The fourth-order valence-electron chi connectivity index (χ4n) is 3.39. The number of aromatic nitrogens is 2. The zero-order valence-electron chi connectivity index (χ0n) is 18.7. The highest BCUT2D eigenvalue weighted by molar-refractivity contribution is 14.1. The third-order valence-electron chi connectivity index (χ3n) is 4.89. The summed E-state index contributed by atoms with van der Waals surface area (Å²) in [5.41, 5.74) is 6.47. The number of nitrogens with zero attached hydrogens (tertiary/aromatic N) is 3. The summed E-state index contributed by atoms with van der Waals surface area (Å²) in [7, 11) is 0. The predicted octanol–water partition coefficient (Wildman–Crippen LogP) is 4.22. The standard InChI is InChI=1S/C23H25FIN7O2/c1-14(2)34-18-7-5-16(6-8-18)30-23-26-11-19(24)22(31-23)29-17-4-3-15-10-28-32(20(15)9-17)12-21(33)27-13-25/h3-9,11,14,28H,10,12-13H2,1-2H3,(H,27,33)(H2,26,29,30,31). The van der Waals surface area contributed by atoms with Crippen molar-refractivity contribution < 1.29 is 13.9 Å². The summed E-state index contributed by atoms with van der Waals surface area (Å²) in [4.78, 5) is 20.3. The van der Waals surface area contributed by atoms with E-state index in [2.05, 4.69) is 53.9 Å². The van der Waals surface area contributed by atoms with Crippen molar-refractivity contribution >= 4 is 57.3 Å². The maximum absolute atomic E-state index is 14.5. The second kappa shape index (κ2) is 10.8. The van der Waals surface area contributed by atoms with Crippen molar-refractivity contribution in [2.24, 2.45) is 0 Å². The van der Waals surface area contributed by atoms with Gasteiger partial charge in [0.05, 0.1) is 22.5 Å². The van der Waals surface area contributed by atoms with Crippen LogP contribution < -0.4 is 31.1 Å². The number of hydrogen-bond acceptors (Lipinski definition) is 8. The molecule has 1 aliphatic heterocycles. The number of fused-ring (bicyclic) bond motifs is 1. The number of halogens is 2. The summed E-state index contributed by atoms with van der Waals surface area (Å²) in [5, 5.41) is 10.6. The molecule has 0 atom stereocenters. The molecule has 0 aliphatic carbocycles. The van der Waals surface area contributed by atoms with Gasteiger partial charge in [0.2, 0.25) is 11.9 Å². The number of ether oxygens (including phenoxy) is 1. The van der Waals surface area contributed by atoms with Crippen LogP contribution in [0.3, 0.4) is 0 Å². The van der Waals surface area contributed by atoms with E-state index >= 15 is 0 Å². The van der Waals surface area contributed by atoms with Crippen LogP contribution in [-0.2, 0) is 11.3 Å². The van der Waals surface area contributed by atoms with Crippen molar-refractivity contribution in [1.82, 2.24) is 20.7 Å². The average Bonchev–Trinajstić information content (AvgIpc) is 3.19. The minimum absolute atomic E-state index is 0.0392. The molecular weight excluding hydrogens is 552 g/mol. The number of anilines is 5. The first-order valence-electron chi connectivity index (χ1n) is 10.7. The molecule has 1 aromatic heterocycles. The minimum Gasteiger partial charge on any atom is -0.491 e. The molecule has 0 unspecified atom stereocenters. The molecule has 9 nitrogen and oxygen atoms in total. The Hall–Kier alpha value is -3.19. The lowest BCUT2D eigenvalue weighted by Gasteiger charge is -2.19. The van der Waals surface area contributed by atoms with Crippen LogP contribution in [0.2, 0.25) is 0 Å². The largest absolute Gasteiger partial charge is 0.491 e. The number of carbonyl (C=O) groups is 1. The van der Waals surface area contributed by atoms with Gasteiger partial charge in [-0.2, -0.15) is 4.98 Å². The van der Waals surface area contributed by atoms with E-state index in [-0.39, 0.29) is 30.3 Å². The van der Waals surface area contributed by atoms with Crippen LogP contribution in [0.25, 0.3) is 0 Å². The number of nitrogens with one attached hydrogen (secondary N) is 4. The lowest BCUT2D eigenvalue weighted by molar-refractivity contribution is -0.119. The number of hydrazine groups is 1. The van der Waals surface area contributed by atoms with Crippen LogP contribution in [0.15, 0.2) is 48.7 Å². The Morgan fingerprint density at radius 2 is 1.97 bits per heavy atom. The number of amides is 1. The SMILES string of the molecule is CC(C)Oc1ccc(Nc2ncc(F)c(Nc3ccc4c(c3)N(CC(=O)NCI)NC4)n2)cc1. The predicted molar refractivity (Wildman–Crippen MR) is 138 cm³/mol. The molecular formula is C23H25FIN7O2. The van der Waals surface area contributed by atoms with Crippen LogP contribution in [-0.4, -0.2) is 33.1 Å². The van der Waals surface area contributed by atoms with E-state index in [0.29, 0.717) is 16.8 Å². The van der Waals surface area contributed by atoms with Gasteiger partial charge < -0.3 is 20.7 Å². The van der Waals surface area contributed by atoms with Gasteiger partial charge in [0.25, 0.3) is 0 Å². The monoisotopic (exact) mass is 577 g/mol. The average molecular weight is 577 g/mol. The Kier molecular flexibility index (Phi) is 7.63. The molecule has 0 spiro atoms. The van der Waals surface area contributed by atoms with E-state index in [1.54, 1.807) is 5.01 Å². The van der Waals surface area contributed by atoms with Crippen LogP contribution in [0.1, 0.15) is 19.4 Å². The number of carbonyl (C=O) groups excluding carboxylic acids is 1. The molecule has 178 valence electrons. The molecule has 34 heavy (non-hydrogen) atoms. The van der Waals surface area contributed by atoms with Crippen LogP contribution in [0, 0.1) is 5.82 Å². The fourth-order valence-corrected chi connectivity index (χ4v) is 3.82. The van der Waals surface area contributed by atoms with Crippen molar-refractivity contribution in [2.75, 3.05) is 26.7 Å². The highest BCUT2D eigenvalue weighted by Crippen LogP contribution is 2.30. The first-order chi connectivity index (χ1) is 16.4. The van der Waals surface area contributed by atoms with Crippen molar-refractivity contribution in [3.63, 3.8) is 0 Å². The highest BCUT2D eigenvalue weighted by atomic mass is 127. The Balaban J connectivity index is 1.47. The van der Waals surface area contributed by atoms with E-state index in [1.807, 2.05) is 56.3 Å². The molecule has 11 heteroatoms. The summed E-state index contributed by atoms with van der Waals surface area (Å²) < 4.78 is 20.7. The topological polar surface area (TPSA) is 103 Å². The van der Waals surface area contributed by atoms with Gasteiger partial charge in [-0.05, 0) is 55.8 Å². The van der Waals surface area contributed by atoms with E-state index in [9.17, 15) is 9.18 Å². The Morgan fingerprint density at radius 1 is 1.21 bits per heavy atom. The van der Waals surface area contributed by atoms with Crippen molar-refractivity contribution in [3.05, 3.63) is 60.0 Å². The molecule has 2 heterocycles. The van der Waals surface area contributed by atoms with Crippen molar-refractivity contribution in [2.45, 2.75) is 26.5 Å².